The van der Waals surface area contributed by atoms with Crippen LogP contribution in [0.1, 0.15) is 18.1 Å². The molecule has 5 atom stereocenters. The number of benzene rings is 2. The summed E-state index contributed by atoms with van der Waals surface area (Å²) in [5.74, 6) is 0.326. The number of halogens is 1. The Morgan fingerprint density at radius 1 is 1.10 bits per heavy atom. The minimum absolute atomic E-state index is 0.148. The molecule has 7 nitrogen and oxygen atoms in total. The average molecular weight is 454 g/mol. The lowest BCUT2D eigenvalue weighted by molar-refractivity contribution is -0.114. The molecule has 1 fully saturated rings. The first kappa shape index (κ1) is 22.9. The molecule has 1 aliphatic heterocycles. The Kier molecular flexibility index (Phi) is 7.62. The van der Waals surface area contributed by atoms with Crippen LogP contribution < -0.4 is 10.1 Å². The summed E-state index contributed by atoms with van der Waals surface area (Å²) in [6.45, 7) is 1.09. The topological polar surface area (TPSA) is 119 Å². The quantitative estimate of drug-likeness (QED) is 0.452. The molecule has 2 aromatic rings. The molecule has 5 unspecified atom stereocenters. The number of ether oxygens (including phenoxy) is 1. The summed E-state index contributed by atoms with van der Waals surface area (Å²) in [6, 6.07) is 12.5. The number of rotatable bonds is 6. The van der Waals surface area contributed by atoms with E-state index in [4.69, 9.17) is 16.3 Å². The summed E-state index contributed by atoms with van der Waals surface area (Å²) < 4.78 is 5.97. The van der Waals surface area contributed by atoms with Crippen LogP contribution in [-0.4, -0.2) is 61.9 Å². The maximum Gasteiger partial charge on any atom is 0.221 e. The Hall–Kier alpha value is -1.81. The second-order valence-electron chi connectivity index (χ2n) is 7.12. The van der Waals surface area contributed by atoms with E-state index in [1.807, 2.05) is 12.1 Å². The highest BCUT2D eigenvalue weighted by atomic mass is 35.5. The number of anilines is 1. The van der Waals surface area contributed by atoms with Crippen molar-refractivity contribution in [1.82, 2.24) is 0 Å². The highest BCUT2D eigenvalue weighted by Crippen LogP contribution is 2.36. The summed E-state index contributed by atoms with van der Waals surface area (Å²) >= 11 is 7.23. The molecule has 162 valence electrons. The molecule has 3 rings (SSSR count). The number of hydrogen-bond acceptors (Lipinski definition) is 7. The smallest absolute Gasteiger partial charge is 0.221 e. The van der Waals surface area contributed by atoms with Crippen molar-refractivity contribution in [2.24, 2.45) is 0 Å². The maximum atomic E-state index is 11.2. The maximum absolute atomic E-state index is 11.2. The fourth-order valence-electron chi connectivity index (χ4n) is 3.22. The van der Waals surface area contributed by atoms with Crippen molar-refractivity contribution in [2.45, 2.75) is 42.3 Å². The molecule has 30 heavy (non-hydrogen) atoms. The van der Waals surface area contributed by atoms with Crippen molar-refractivity contribution in [3.8, 4) is 5.75 Å². The highest BCUT2D eigenvalue weighted by Gasteiger charge is 2.44. The van der Waals surface area contributed by atoms with E-state index in [0.29, 0.717) is 22.9 Å². The molecular weight excluding hydrogens is 430 g/mol. The molecule has 1 saturated heterocycles. The number of carbonyl (C=O) groups is 1. The molecule has 0 saturated carbocycles. The number of carbonyl (C=O) groups excluding carboxylic acids is 1. The monoisotopic (exact) mass is 453 g/mol. The van der Waals surface area contributed by atoms with Crippen LogP contribution >= 0.6 is 23.4 Å². The van der Waals surface area contributed by atoms with Crippen LogP contribution in [0.25, 0.3) is 0 Å². The van der Waals surface area contributed by atoms with E-state index in [1.54, 1.807) is 30.3 Å². The van der Waals surface area contributed by atoms with Gasteiger partial charge in [-0.05, 0) is 35.9 Å². The van der Waals surface area contributed by atoms with Crippen LogP contribution in [0.4, 0.5) is 5.69 Å². The van der Waals surface area contributed by atoms with Crippen molar-refractivity contribution in [2.75, 3.05) is 11.9 Å². The van der Waals surface area contributed by atoms with Crippen LogP contribution in [0, 0.1) is 0 Å². The van der Waals surface area contributed by atoms with Crippen LogP contribution in [-0.2, 0) is 11.2 Å². The molecule has 1 aliphatic rings. The number of aliphatic hydroxyl groups is 4. The van der Waals surface area contributed by atoms with Gasteiger partial charge in [0.1, 0.15) is 18.0 Å². The second-order valence-corrected chi connectivity index (χ2v) is 8.90. The molecule has 0 spiro atoms. The van der Waals surface area contributed by atoms with E-state index in [0.717, 1.165) is 22.9 Å². The van der Waals surface area contributed by atoms with Gasteiger partial charge in [-0.15, -0.1) is 11.8 Å². The summed E-state index contributed by atoms with van der Waals surface area (Å²) in [5, 5.41) is 42.4. The molecule has 1 amide bonds. The van der Waals surface area contributed by atoms with Crippen molar-refractivity contribution < 1.29 is 30.0 Å². The van der Waals surface area contributed by atoms with E-state index in [9.17, 15) is 25.2 Å². The summed E-state index contributed by atoms with van der Waals surface area (Å²) in [7, 11) is 0. The van der Waals surface area contributed by atoms with Gasteiger partial charge >= 0.3 is 0 Å². The third-order valence-corrected chi connectivity index (χ3v) is 6.44. The first-order chi connectivity index (χ1) is 14.3. The lowest BCUT2D eigenvalue weighted by Gasteiger charge is -2.39. The van der Waals surface area contributed by atoms with Crippen LogP contribution in [0.5, 0.6) is 5.75 Å². The zero-order valence-electron chi connectivity index (χ0n) is 16.2. The van der Waals surface area contributed by atoms with Crippen molar-refractivity contribution in [3.05, 3.63) is 58.6 Å². The van der Waals surface area contributed by atoms with Crippen LogP contribution in [0.15, 0.2) is 42.5 Å². The lowest BCUT2D eigenvalue weighted by Crippen LogP contribution is -2.55. The van der Waals surface area contributed by atoms with Crippen molar-refractivity contribution in [1.29, 1.82) is 0 Å². The summed E-state index contributed by atoms with van der Waals surface area (Å²) in [4.78, 5) is 11.2. The normalized spacial score (nSPS) is 26.3. The van der Waals surface area contributed by atoms with Crippen LogP contribution in [0.2, 0.25) is 5.02 Å². The predicted octanol–water partition coefficient (Wildman–Crippen LogP) is 1.78. The molecule has 9 heteroatoms. The number of aliphatic hydroxyl groups excluding tert-OH is 4. The fraction of sp³-hybridized carbons (Fsp3) is 0.381. The van der Waals surface area contributed by atoms with E-state index in [-0.39, 0.29) is 12.5 Å². The SMILES string of the molecule is CC(=O)Nc1ccc(Cc2cc(Cl)ccc2OC2SC(CO)C(O)C(O)C2O)cc1. The van der Waals surface area contributed by atoms with Crippen molar-refractivity contribution >= 4 is 35.0 Å². The molecule has 0 radical (unpaired) electrons. The summed E-state index contributed by atoms with van der Waals surface area (Å²) in [5.41, 5.74) is 1.54. The first-order valence-electron chi connectivity index (χ1n) is 9.40. The third kappa shape index (κ3) is 5.46. The minimum atomic E-state index is -1.43. The Morgan fingerprint density at radius 3 is 2.43 bits per heavy atom. The van der Waals surface area contributed by atoms with Gasteiger partial charge in [0.05, 0.1) is 18.0 Å². The molecule has 0 aromatic heterocycles. The van der Waals surface area contributed by atoms with E-state index in [1.165, 1.54) is 6.92 Å². The second kappa shape index (κ2) is 10.00. The van der Waals surface area contributed by atoms with E-state index < -0.39 is 29.0 Å². The molecule has 0 bridgehead atoms. The Bertz CT molecular complexity index is 878. The fourth-order valence-corrected chi connectivity index (χ4v) is 4.65. The average Bonchev–Trinajstić information content (AvgIpc) is 2.71. The van der Waals surface area contributed by atoms with Crippen LogP contribution in [0.3, 0.4) is 0 Å². The lowest BCUT2D eigenvalue weighted by atomic mass is 10.0. The number of hydrogen-bond donors (Lipinski definition) is 5. The van der Waals surface area contributed by atoms with Crippen molar-refractivity contribution in [3.63, 3.8) is 0 Å². The molecule has 2 aromatic carbocycles. The zero-order chi connectivity index (χ0) is 21.8. The third-order valence-electron chi connectivity index (χ3n) is 4.78. The molecule has 1 heterocycles. The van der Waals surface area contributed by atoms with Gasteiger partial charge in [0.15, 0.2) is 5.44 Å². The van der Waals surface area contributed by atoms with Gasteiger partial charge in [-0.25, -0.2) is 0 Å². The Morgan fingerprint density at radius 2 is 1.80 bits per heavy atom. The van der Waals surface area contributed by atoms with Gasteiger partial charge in [-0.1, -0.05) is 23.7 Å². The molecule has 0 aliphatic carbocycles. The van der Waals surface area contributed by atoms with Gasteiger partial charge in [-0.2, -0.15) is 0 Å². The predicted molar refractivity (Wildman–Crippen MR) is 116 cm³/mol. The van der Waals surface area contributed by atoms with E-state index in [2.05, 4.69) is 5.32 Å². The Labute approximate surface area is 183 Å². The standard InChI is InChI=1S/C21H24ClNO6S/c1-11(25)23-15-5-2-12(3-6-15)8-13-9-14(22)4-7-16(13)29-21-20(28)19(27)18(26)17(10-24)30-21/h2-7,9,17-21,24,26-28H,8,10H2,1H3,(H,23,25). The Balaban J connectivity index is 1.79. The number of thioether (sulfide) groups is 1. The minimum Gasteiger partial charge on any atom is -0.477 e. The van der Waals surface area contributed by atoms with Gasteiger partial charge in [0.2, 0.25) is 5.91 Å². The van der Waals surface area contributed by atoms with Gasteiger partial charge in [0, 0.05) is 29.6 Å². The van der Waals surface area contributed by atoms with E-state index >= 15 is 0 Å². The first-order valence-corrected chi connectivity index (χ1v) is 10.7. The largest absolute Gasteiger partial charge is 0.477 e. The zero-order valence-corrected chi connectivity index (χ0v) is 17.8. The summed E-state index contributed by atoms with van der Waals surface area (Å²) in [6.07, 6.45) is -3.52. The highest BCUT2D eigenvalue weighted by molar-refractivity contribution is 8.00. The van der Waals surface area contributed by atoms with Gasteiger partial charge < -0.3 is 30.5 Å². The molecular formula is C21H24ClNO6S. The molecule has 5 N–H and O–H groups in total. The number of amides is 1. The van der Waals surface area contributed by atoms with Gasteiger partial charge in [-0.3, -0.25) is 4.79 Å². The number of nitrogens with one attached hydrogen (secondary N) is 1. The van der Waals surface area contributed by atoms with Gasteiger partial charge in [0.25, 0.3) is 0 Å².